The number of carbonyl (C=O) groups excluding carboxylic acids is 4. The molecule has 3 aromatic rings. The topological polar surface area (TPSA) is 143 Å². The Morgan fingerprint density at radius 1 is 0.891 bits per heavy atom. The first kappa shape index (κ1) is 32.5. The first-order chi connectivity index (χ1) is 22.3. The number of nitrogens with one attached hydrogen (secondary N) is 3. The van der Waals surface area contributed by atoms with Crippen LogP contribution in [0.5, 0.6) is 0 Å². The van der Waals surface area contributed by atoms with Crippen molar-refractivity contribution in [1.82, 2.24) is 20.9 Å². The van der Waals surface area contributed by atoms with Gasteiger partial charge in [0, 0.05) is 37.9 Å². The van der Waals surface area contributed by atoms with Crippen molar-refractivity contribution in [2.24, 2.45) is 5.73 Å². The van der Waals surface area contributed by atoms with Gasteiger partial charge in [-0.25, -0.2) is 9.59 Å². The molecule has 1 heterocycles. The summed E-state index contributed by atoms with van der Waals surface area (Å²) in [6, 6.07) is 24.7. The van der Waals surface area contributed by atoms with Crippen LogP contribution in [0.3, 0.4) is 0 Å². The van der Waals surface area contributed by atoms with Crippen LogP contribution in [0.25, 0.3) is 11.1 Å². The van der Waals surface area contributed by atoms with Gasteiger partial charge in [-0.1, -0.05) is 91.7 Å². The lowest BCUT2D eigenvalue weighted by molar-refractivity contribution is -0.122. The minimum Gasteiger partial charge on any atom is -0.448 e. The van der Waals surface area contributed by atoms with E-state index in [1.807, 2.05) is 73.7 Å². The number of carbonyl (C=O) groups is 4. The van der Waals surface area contributed by atoms with Crippen LogP contribution in [-0.4, -0.2) is 66.7 Å². The molecule has 0 spiro atoms. The van der Waals surface area contributed by atoms with Gasteiger partial charge >= 0.3 is 12.1 Å². The molecule has 46 heavy (non-hydrogen) atoms. The van der Waals surface area contributed by atoms with Crippen molar-refractivity contribution in [1.29, 1.82) is 0 Å². The highest BCUT2D eigenvalue weighted by molar-refractivity contribution is 5.85. The van der Waals surface area contributed by atoms with Crippen molar-refractivity contribution in [3.05, 3.63) is 95.6 Å². The molecule has 5 amide bonds. The Morgan fingerprint density at radius 2 is 1.54 bits per heavy atom. The second kappa shape index (κ2) is 15.4. The monoisotopic (exact) mass is 625 g/mol. The maximum Gasteiger partial charge on any atom is 0.410 e. The zero-order chi connectivity index (χ0) is 32.5. The van der Waals surface area contributed by atoms with Crippen LogP contribution in [0.2, 0.25) is 0 Å². The van der Waals surface area contributed by atoms with Crippen LogP contribution >= 0.6 is 0 Å². The number of hydrogen-bond donors (Lipinski definition) is 4. The summed E-state index contributed by atoms with van der Waals surface area (Å²) >= 11 is 0. The lowest BCUT2D eigenvalue weighted by Crippen LogP contribution is -2.52. The van der Waals surface area contributed by atoms with Crippen LogP contribution in [-0.2, 0) is 20.7 Å². The fourth-order valence-corrected chi connectivity index (χ4v) is 6.45. The van der Waals surface area contributed by atoms with E-state index in [2.05, 4.69) is 28.1 Å². The third-order valence-electron chi connectivity index (χ3n) is 8.92. The number of benzene rings is 3. The van der Waals surface area contributed by atoms with Crippen molar-refractivity contribution in [2.75, 3.05) is 19.7 Å². The third-order valence-corrected chi connectivity index (χ3v) is 8.92. The number of hydrogen-bond acceptors (Lipinski definition) is 5. The SMILES string of the molecule is C[C@H]1NC(=O)N[C@H]1CCCCCC(=O)NCCN(C(=O)OCC1c2ccccc2-c2ccccc21)[C@@H](Cc1ccccc1)C(N)=O. The fraction of sp³-hybridized carbons (Fsp3) is 0.389. The third kappa shape index (κ3) is 8.04. The maximum atomic E-state index is 13.7. The molecule has 5 rings (SSSR count). The molecule has 10 nitrogen and oxygen atoms in total. The Balaban J connectivity index is 1.18. The first-order valence-corrected chi connectivity index (χ1v) is 16.1. The Kier molecular flexibility index (Phi) is 10.9. The van der Waals surface area contributed by atoms with E-state index in [0.29, 0.717) is 12.8 Å². The second-order valence-corrected chi connectivity index (χ2v) is 12.1. The molecule has 2 aliphatic rings. The normalized spacial score (nSPS) is 17.3. The highest BCUT2D eigenvalue weighted by Crippen LogP contribution is 2.44. The molecule has 0 saturated carbocycles. The predicted octanol–water partition coefficient (Wildman–Crippen LogP) is 4.47. The van der Waals surface area contributed by atoms with Gasteiger partial charge in [-0.2, -0.15) is 0 Å². The summed E-state index contributed by atoms with van der Waals surface area (Å²) < 4.78 is 5.91. The van der Waals surface area contributed by atoms with Crippen molar-refractivity contribution in [2.45, 2.75) is 69.5 Å². The van der Waals surface area contributed by atoms with Crippen LogP contribution in [0, 0.1) is 0 Å². The molecule has 0 radical (unpaired) electrons. The van der Waals surface area contributed by atoms with Gasteiger partial charge in [0.15, 0.2) is 0 Å². The molecule has 1 aliphatic heterocycles. The van der Waals surface area contributed by atoms with E-state index < -0.39 is 18.0 Å². The minimum absolute atomic E-state index is 0.0646. The summed E-state index contributed by atoms with van der Waals surface area (Å²) in [5, 5.41) is 8.64. The standard InChI is InChI=1S/C36H43N5O5/c1-24-31(40-35(44)39-24)18-6-3-7-19-33(42)38-20-21-41(32(34(37)43)22-25-12-4-2-5-13-25)36(45)46-23-30-28-16-10-8-14-26(28)27-15-9-11-17-29(27)30/h2,4-5,8-17,24,30-32H,3,6-7,18-23H2,1H3,(H2,37,43)(H,38,42)(H2,39,40,44)/t24-,31+,32+/m1/s1. The molecule has 10 heteroatoms. The van der Waals surface area contributed by atoms with E-state index in [0.717, 1.165) is 47.1 Å². The number of nitrogens with zero attached hydrogens (tertiary/aromatic N) is 1. The Bertz CT molecular complexity index is 1480. The molecular weight excluding hydrogens is 582 g/mol. The van der Waals surface area contributed by atoms with E-state index in [9.17, 15) is 19.2 Å². The number of urea groups is 1. The van der Waals surface area contributed by atoms with Gasteiger partial charge < -0.3 is 26.4 Å². The smallest absolute Gasteiger partial charge is 0.410 e. The lowest BCUT2D eigenvalue weighted by Gasteiger charge is -2.30. The van der Waals surface area contributed by atoms with Crippen LogP contribution in [0.4, 0.5) is 9.59 Å². The highest BCUT2D eigenvalue weighted by atomic mass is 16.6. The zero-order valence-corrected chi connectivity index (χ0v) is 26.2. The van der Waals surface area contributed by atoms with Gasteiger partial charge in [0.25, 0.3) is 0 Å². The average molecular weight is 626 g/mol. The van der Waals surface area contributed by atoms with Gasteiger partial charge in [0.05, 0.1) is 6.04 Å². The van der Waals surface area contributed by atoms with Crippen LogP contribution in [0.1, 0.15) is 61.6 Å². The number of nitrogens with two attached hydrogens (primary N) is 1. The molecule has 242 valence electrons. The molecule has 1 aliphatic carbocycles. The van der Waals surface area contributed by atoms with E-state index in [-0.39, 0.29) is 56.1 Å². The molecule has 1 fully saturated rings. The number of amides is 5. The largest absolute Gasteiger partial charge is 0.448 e. The van der Waals surface area contributed by atoms with Crippen LogP contribution < -0.4 is 21.7 Å². The lowest BCUT2D eigenvalue weighted by atomic mass is 9.98. The summed E-state index contributed by atoms with van der Waals surface area (Å²) in [5.41, 5.74) is 11.1. The minimum atomic E-state index is -0.956. The van der Waals surface area contributed by atoms with E-state index in [4.69, 9.17) is 10.5 Å². The van der Waals surface area contributed by atoms with Crippen LogP contribution in [0.15, 0.2) is 78.9 Å². The Hall–Kier alpha value is -4.86. The van der Waals surface area contributed by atoms with Crippen molar-refractivity contribution in [3.63, 3.8) is 0 Å². The van der Waals surface area contributed by atoms with E-state index in [1.54, 1.807) is 0 Å². The van der Waals surface area contributed by atoms with Gasteiger partial charge in [-0.3, -0.25) is 14.5 Å². The molecular formula is C36H43N5O5. The number of ether oxygens (including phenoxy) is 1. The van der Waals surface area contributed by atoms with Crippen molar-refractivity contribution < 1.29 is 23.9 Å². The molecule has 3 atom stereocenters. The van der Waals surface area contributed by atoms with Crippen molar-refractivity contribution >= 4 is 23.9 Å². The summed E-state index contributed by atoms with van der Waals surface area (Å²) in [6.45, 7) is 2.30. The van der Waals surface area contributed by atoms with Gasteiger partial charge in [-0.15, -0.1) is 0 Å². The highest BCUT2D eigenvalue weighted by Gasteiger charge is 2.33. The molecule has 1 saturated heterocycles. The summed E-state index contributed by atoms with van der Waals surface area (Å²) in [7, 11) is 0. The molecule has 5 N–H and O–H groups in total. The number of unbranched alkanes of at least 4 members (excludes halogenated alkanes) is 2. The summed E-state index contributed by atoms with van der Waals surface area (Å²) in [5.74, 6) is -0.912. The zero-order valence-electron chi connectivity index (χ0n) is 26.2. The quantitative estimate of drug-likeness (QED) is 0.184. The Morgan fingerprint density at radius 3 is 2.17 bits per heavy atom. The predicted molar refractivity (Wildman–Crippen MR) is 176 cm³/mol. The maximum absolute atomic E-state index is 13.7. The van der Waals surface area contributed by atoms with Gasteiger partial charge in [-0.05, 0) is 47.6 Å². The number of fused-ring (bicyclic) bond motifs is 3. The molecule has 0 unspecified atom stereocenters. The fourth-order valence-electron chi connectivity index (χ4n) is 6.45. The summed E-state index contributed by atoms with van der Waals surface area (Å²) in [6.07, 6.45) is 3.25. The summed E-state index contributed by atoms with van der Waals surface area (Å²) in [4.78, 5) is 51.8. The van der Waals surface area contributed by atoms with Crippen molar-refractivity contribution in [3.8, 4) is 11.1 Å². The second-order valence-electron chi connectivity index (χ2n) is 12.1. The molecule has 0 bridgehead atoms. The van der Waals surface area contributed by atoms with E-state index in [1.165, 1.54) is 4.90 Å². The van der Waals surface area contributed by atoms with Gasteiger partial charge in [0.1, 0.15) is 12.6 Å². The van der Waals surface area contributed by atoms with Gasteiger partial charge in [0.2, 0.25) is 11.8 Å². The average Bonchev–Trinajstić information content (AvgIpc) is 3.56. The Labute approximate surface area is 270 Å². The van der Waals surface area contributed by atoms with E-state index >= 15 is 0 Å². The molecule has 0 aromatic heterocycles. The first-order valence-electron chi connectivity index (χ1n) is 16.1. The number of primary amides is 1. The molecule has 3 aromatic carbocycles. The number of rotatable bonds is 15.